The van der Waals surface area contributed by atoms with Gasteiger partial charge in [-0.2, -0.15) is 0 Å². The van der Waals surface area contributed by atoms with Gasteiger partial charge in [0.2, 0.25) is 5.91 Å². The van der Waals surface area contributed by atoms with Gasteiger partial charge in [0.15, 0.2) is 0 Å². The first-order valence-corrected chi connectivity index (χ1v) is 11.3. The highest BCUT2D eigenvalue weighted by Crippen LogP contribution is 2.26. The number of nitrogens with one attached hydrogen (secondary N) is 1. The predicted molar refractivity (Wildman–Crippen MR) is 113 cm³/mol. The number of rotatable bonds is 6. The molecule has 0 bridgehead atoms. The number of amides is 2. The van der Waals surface area contributed by atoms with Crippen LogP contribution in [0.4, 0.5) is 0 Å². The molecule has 2 amide bonds. The zero-order valence-electron chi connectivity index (χ0n) is 17.0. The molecule has 1 aromatic carbocycles. The quantitative estimate of drug-likeness (QED) is 0.734. The minimum absolute atomic E-state index is 0.0158. The van der Waals surface area contributed by atoms with E-state index in [2.05, 4.69) is 5.32 Å². The van der Waals surface area contributed by atoms with Crippen molar-refractivity contribution in [1.29, 1.82) is 0 Å². The minimum atomic E-state index is -0.324. The van der Waals surface area contributed by atoms with Gasteiger partial charge in [-0.15, -0.1) is 11.8 Å². The first-order valence-electron chi connectivity index (χ1n) is 10.4. The van der Waals surface area contributed by atoms with E-state index in [1.54, 1.807) is 0 Å². The number of thioether (sulfide) groups is 1. The van der Waals surface area contributed by atoms with E-state index in [4.69, 9.17) is 4.74 Å². The van der Waals surface area contributed by atoms with Crippen molar-refractivity contribution in [2.24, 2.45) is 5.92 Å². The molecule has 5 nitrogen and oxygen atoms in total. The highest BCUT2D eigenvalue weighted by atomic mass is 32.2. The number of ether oxygens (including phenoxy) is 1. The van der Waals surface area contributed by atoms with Gasteiger partial charge in [0.1, 0.15) is 0 Å². The van der Waals surface area contributed by atoms with E-state index in [-0.39, 0.29) is 17.4 Å². The Balaban J connectivity index is 1.54. The van der Waals surface area contributed by atoms with Crippen LogP contribution in [0.25, 0.3) is 0 Å². The van der Waals surface area contributed by atoms with Crippen LogP contribution in [0.1, 0.15) is 56.3 Å². The van der Waals surface area contributed by atoms with E-state index in [9.17, 15) is 9.59 Å². The van der Waals surface area contributed by atoms with Crippen molar-refractivity contribution in [3.63, 3.8) is 0 Å². The van der Waals surface area contributed by atoms with E-state index >= 15 is 0 Å². The summed E-state index contributed by atoms with van der Waals surface area (Å²) in [7, 11) is 0. The summed E-state index contributed by atoms with van der Waals surface area (Å²) in [6.45, 7) is 6.52. The SMILES string of the molecule is CC1(C)CN(C(=O)c2ccccc2SCC(=O)NCC2CCCCC2)CCO1. The monoisotopic (exact) mass is 404 g/mol. The standard InChI is InChI=1S/C22H32N2O3S/c1-22(2)16-24(12-13-27-22)21(26)18-10-6-7-11-19(18)28-15-20(25)23-14-17-8-4-3-5-9-17/h6-7,10-11,17H,3-5,8-9,12-16H2,1-2H3,(H,23,25). The molecule has 0 unspecified atom stereocenters. The Hall–Kier alpha value is -1.53. The predicted octanol–water partition coefficient (Wildman–Crippen LogP) is 3.73. The van der Waals surface area contributed by atoms with Gasteiger partial charge in [-0.1, -0.05) is 31.4 Å². The molecule has 1 N–H and O–H groups in total. The lowest BCUT2D eigenvalue weighted by molar-refractivity contribution is -0.118. The summed E-state index contributed by atoms with van der Waals surface area (Å²) in [6, 6.07) is 7.58. The summed E-state index contributed by atoms with van der Waals surface area (Å²) < 4.78 is 5.72. The van der Waals surface area contributed by atoms with E-state index in [1.807, 2.05) is 43.0 Å². The Morgan fingerprint density at radius 1 is 1.21 bits per heavy atom. The summed E-state index contributed by atoms with van der Waals surface area (Å²) in [5.41, 5.74) is 0.347. The molecule has 1 aromatic rings. The first-order chi connectivity index (χ1) is 13.4. The van der Waals surface area contributed by atoms with Crippen LogP contribution in [0, 0.1) is 5.92 Å². The molecule has 1 aliphatic heterocycles. The first kappa shape index (κ1) is 21.2. The maximum absolute atomic E-state index is 13.0. The van der Waals surface area contributed by atoms with Gasteiger partial charge in [0.05, 0.1) is 23.5 Å². The second-order valence-corrected chi connectivity index (χ2v) is 9.44. The lowest BCUT2D eigenvalue weighted by Crippen LogP contribution is -2.50. The number of carbonyl (C=O) groups is 2. The molecule has 1 heterocycles. The van der Waals surface area contributed by atoms with Crippen LogP contribution in [0.15, 0.2) is 29.2 Å². The topological polar surface area (TPSA) is 58.6 Å². The number of morpholine rings is 1. The van der Waals surface area contributed by atoms with Crippen molar-refractivity contribution in [3.8, 4) is 0 Å². The number of carbonyl (C=O) groups excluding carboxylic acids is 2. The van der Waals surface area contributed by atoms with Crippen molar-refractivity contribution >= 4 is 23.6 Å². The molecule has 1 saturated carbocycles. The van der Waals surface area contributed by atoms with E-state index < -0.39 is 0 Å². The third kappa shape index (κ3) is 5.98. The number of hydrogen-bond acceptors (Lipinski definition) is 4. The highest BCUT2D eigenvalue weighted by molar-refractivity contribution is 8.00. The second kappa shape index (κ2) is 9.79. The molecule has 0 aromatic heterocycles. The summed E-state index contributed by atoms with van der Waals surface area (Å²) in [6.07, 6.45) is 6.33. The molecule has 0 radical (unpaired) electrons. The van der Waals surface area contributed by atoms with E-state index in [0.29, 0.717) is 36.9 Å². The van der Waals surface area contributed by atoms with Gasteiger partial charge < -0.3 is 15.0 Å². The fraction of sp³-hybridized carbons (Fsp3) is 0.636. The fourth-order valence-corrected chi connectivity index (χ4v) is 4.85. The lowest BCUT2D eigenvalue weighted by Gasteiger charge is -2.38. The molecular weight excluding hydrogens is 372 g/mol. The Labute approximate surface area is 172 Å². The maximum Gasteiger partial charge on any atom is 0.255 e. The van der Waals surface area contributed by atoms with Crippen molar-refractivity contribution in [2.45, 2.75) is 56.4 Å². The van der Waals surface area contributed by atoms with Crippen LogP contribution in [0.5, 0.6) is 0 Å². The summed E-state index contributed by atoms with van der Waals surface area (Å²) >= 11 is 1.44. The third-order valence-corrected chi connectivity index (χ3v) is 6.58. The van der Waals surface area contributed by atoms with Crippen molar-refractivity contribution in [3.05, 3.63) is 29.8 Å². The zero-order valence-corrected chi connectivity index (χ0v) is 17.9. The van der Waals surface area contributed by atoms with Gasteiger partial charge in [-0.25, -0.2) is 0 Å². The molecule has 2 aliphatic rings. The van der Waals surface area contributed by atoms with Crippen LogP contribution in [0.3, 0.4) is 0 Å². The largest absolute Gasteiger partial charge is 0.372 e. The molecule has 3 rings (SSSR count). The molecule has 0 spiro atoms. The molecule has 28 heavy (non-hydrogen) atoms. The van der Waals surface area contributed by atoms with Gasteiger partial charge in [-0.05, 0) is 44.7 Å². The Morgan fingerprint density at radius 2 is 1.96 bits per heavy atom. The van der Waals surface area contributed by atoms with Crippen LogP contribution < -0.4 is 5.32 Å². The summed E-state index contributed by atoms with van der Waals surface area (Å²) in [4.78, 5) is 28.0. The molecule has 0 atom stereocenters. The third-order valence-electron chi connectivity index (χ3n) is 5.50. The smallest absolute Gasteiger partial charge is 0.255 e. The minimum Gasteiger partial charge on any atom is -0.372 e. The van der Waals surface area contributed by atoms with Crippen molar-refractivity contribution in [2.75, 3.05) is 32.0 Å². The Morgan fingerprint density at radius 3 is 2.71 bits per heavy atom. The summed E-state index contributed by atoms with van der Waals surface area (Å²) in [5.74, 6) is 1.03. The average molecular weight is 405 g/mol. The second-order valence-electron chi connectivity index (χ2n) is 8.43. The number of benzene rings is 1. The normalized spacial score (nSPS) is 20.0. The molecule has 1 saturated heterocycles. The molecule has 154 valence electrons. The van der Waals surface area contributed by atoms with Gasteiger partial charge in [0, 0.05) is 24.5 Å². The van der Waals surface area contributed by atoms with Gasteiger partial charge in [-0.3, -0.25) is 9.59 Å². The number of hydrogen-bond donors (Lipinski definition) is 1. The van der Waals surface area contributed by atoms with E-state index in [1.165, 1.54) is 43.9 Å². The molecule has 1 aliphatic carbocycles. The van der Waals surface area contributed by atoms with Gasteiger partial charge in [0.25, 0.3) is 5.91 Å². The number of nitrogens with zero attached hydrogens (tertiary/aromatic N) is 1. The van der Waals surface area contributed by atoms with Crippen molar-refractivity contribution in [1.82, 2.24) is 10.2 Å². The average Bonchev–Trinajstić information content (AvgIpc) is 2.70. The molecular formula is C22H32N2O3S. The van der Waals surface area contributed by atoms with Crippen molar-refractivity contribution < 1.29 is 14.3 Å². The Bertz CT molecular complexity index is 686. The van der Waals surface area contributed by atoms with Crippen LogP contribution >= 0.6 is 11.8 Å². The molecule has 6 heteroatoms. The molecule has 2 fully saturated rings. The van der Waals surface area contributed by atoms with E-state index in [0.717, 1.165) is 11.4 Å². The lowest BCUT2D eigenvalue weighted by atomic mass is 9.89. The maximum atomic E-state index is 13.0. The zero-order chi connectivity index (χ0) is 20.0. The fourth-order valence-electron chi connectivity index (χ4n) is 3.97. The Kier molecular flexibility index (Phi) is 7.41. The van der Waals surface area contributed by atoms with Crippen LogP contribution in [-0.4, -0.2) is 54.3 Å². The van der Waals surface area contributed by atoms with Crippen LogP contribution in [-0.2, 0) is 9.53 Å². The summed E-state index contributed by atoms with van der Waals surface area (Å²) in [5, 5.41) is 3.07. The van der Waals surface area contributed by atoms with Crippen LogP contribution in [0.2, 0.25) is 0 Å². The highest BCUT2D eigenvalue weighted by Gasteiger charge is 2.31. The van der Waals surface area contributed by atoms with Gasteiger partial charge >= 0.3 is 0 Å².